The molecular formula is C50H60N5Yb. The van der Waals surface area contributed by atoms with Crippen LogP contribution in [0.25, 0.3) is 16.4 Å². The molecule has 0 amide bonds. The van der Waals surface area contributed by atoms with Gasteiger partial charge in [0.05, 0.1) is 11.4 Å². The molecule has 0 saturated heterocycles. The molecule has 0 aliphatic heterocycles. The van der Waals surface area contributed by atoms with Crippen molar-refractivity contribution in [3.8, 4) is 0 Å². The molecule has 0 saturated carbocycles. The molecule has 1 N–H and O–H groups in total. The number of nitrogens with one attached hydrogen (secondary N) is 1. The van der Waals surface area contributed by atoms with Gasteiger partial charge in [-0.1, -0.05) is 179 Å². The van der Waals surface area contributed by atoms with Crippen LogP contribution in [-0.2, 0) is 0 Å². The van der Waals surface area contributed by atoms with E-state index in [2.05, 4.69) is 118 Å². The number of hydrogen-bond donors (Lipinski definition) is 0. The minimum absolute atomic E-state index is 0. The van der Waals surface area contributed by atoms with Gasteiger partial charge in [0.1, 0.15) is 0 Å². The van der Waals surface area contributed by atoms with Crippen molar-refractivity contribution in [3.05, 3.63) is 189 Å². The van der Waals surface area contributed by atoms with Gasteiger partial charge in [-0.15, -0.1) is 17.1 Å². The zero-order chi connectivity index (χ0) is 40.5. The van der Waals surface area contributed by atoms with Crippen molar-refractivity contribution in [2.24, 2.45) is 9.98 Å². The fourth-order valence-corrected chi connectivity index (χ4v) is 5.80. The van der Waals surface area contributed by atoms with Crippen LogP contribution in [0, 0.1) is 74.6 Å². The van der Waals surface area contributed by atoms with E-state index in [9.17, 15) is 0 Å². The van der Waals surface area contributed by atoms with Crippen molar-refractivity contribution < 1.29 is 46.9 Å². The molecule has 0 heterocycles. The summed E-state index contributed by atoms with van der Waals surface area (Å²) in [5, 5.41) is 9.29. The van der Waals surface area contributed by atoms with E-state index in [1.165, 1.54) is 22.3 Å². The number of allylic oxidation sites excluding steroid dienone is 4. The molecule has 5 aromatic rings. The van der Waals surface area contributed by atoms with Crippen molar-refractivity contribution in [1.82, 2.24) is 0 Å². The summed E-state index contributed by atoms with van der Waals surface area (Å²) in [6.07, 6.45) is 4.03. The molecule has 299 valence electrons. The van der Waals surface area contributed by atoms with Gasteiger partial charge in [-0.2, -0.15) is 11.4 Å². The first-order valence-electron chi connectivity index (χ1n) is 19.1. The zero-order valence-electron chi connectivity index (χ0n) is 35.3. The van der Waals surface area contributed by atoms with Crippen LogP contribution in [0.5, 0.6) is 0 Å². The van der Waals surface area contributed by atoms with Crippen molar-refractivity contribution >= 4 is 39.9 Å². The first kappa shape index (κ1) is 48.0. The Morgan fingerprint density at radius 1 is 0.482 bits per heavy atom. The second-order valence-corrected chi connectivity index (χ2v) is 14.6. The molecule has 0 spiro atoms. The molecular weight excluding hydrogens is 844 g/mol. The molecule has 0 aliphatic carbocycles. The molecule has 0 atom stereocenters. The minimum Gasteiger partial charge on any atom is -0.698 e. The van der Waals surface area contributed by atoms with Crippen LogP contribution in [0.2, 0.25) is 0 Å². The maximum absolute atomic E-state index is 8.01. The van der Waals surface area contributed by atoms with Crippen LogP contribution < -0.4 is 0 Å². The van der Waals surface area contributed by atoms with Gasteiger partial charge in [0.15, 0.2) is 0 Å². The largest absolute Gasteiger partial charge is 3.00 e. The first-order chi connectivity index (χ1) is 26.2. The molecule has 5 nitrogen and oxygen atoms in total. The van der Waals surface area contributed by atoms with E-state index in [0.717, 1.165) is 62.4 Å². The predicted octanol–water partition coefficient (Wildman–Crippen LogP) is 16.6. The van der Waals surface area contributed by atoms with Gasteiger partial charge in [-0.3, -0.25) is 9.98 Å². The molecule has 5 rings (SSSR count). The predicted molar refractivity (Wildman–Crippen MR) is 242 cm³/mol. The summed E-state index contributed by atoms with van der Waals surface area (Å²) in [5.74, 6) is 0.900. The quantitative estimate of drug-likeness (QED) is 0.125. The molecule has 6 heteroatoms. The van der Waals surface area contributed by atoms with Gasteiger partial charge in [0, 0.05) is 11.4 Å². The topological polar surface area (TPSA) is 76.7 Å². The van der Waals surface area contributed by atoms with Gasteiger partial charge in [-0.25, -0.2) is 0 Å². The Balaban J connectivity index is 0.000000296. The molecule has 1 radical (unpaired) electrons. The average molecular weight is 904 g/mol. The Bertz CT molecular complexity index is 1970. The number of aryl methyl sites for hydroxylation is 4. The number of hydrogen-bond acceptors (Lipinski definition) is 2. The van der Waals surface area contributed by atoms with Crippen molar-refractivity contribution in [2.75, 3.05) is 0 Å². The Labute approximate surface area is 377 Å². The Hall–Kier alpha value is -4.16. The Kier molecular flexibility index (Phi) is 21.0. The monoisotopic (exact) mass is 904 g/mol. The number of rotatable bonds is 10. The van der Waals surface area contributed by atoms with Gasteiger partial charge < -0.3 is 16.4 Å². The van der Waals surface area contributed by atoms with E-state index in [0.29, 0.717) is 11.8 Å². The van der Waals surface area contributed by atoms with E-state index in [-0.39, 0.29) is 46.9 Å². The van der Waals surface area contributed by atoms with Crippen LogP contribution in [0.3, 0.4) is 0 Å². The van der Waals surface area contributed by atoms with E-state index in [1.54, 1.807) is 0 Å². The molecule has 0 aliphatic rings. The molecule has 0 aromatic heterocycles. The van der Waals surface area contributed by atoms with E-state index in [4.69, 9.17) is 5.73 Å². The summed E-state index contributed by atoms with van der Waals surface area (Å²) in [4.78, 5) is 9.29. The summed E-state index contributed by atoms with van der Waals surface area (Å²) >= 11 is 0. The normalized spacial score (nSPS) is 11.9. The second kappa shape index (κ2) is 24.5. The summed E-state index contributed by atoms with van der Waals surface area (Å²) in [7, 11) is 0. The summed E-state index contributed by atoms with van der Waals surface area (Å²) in [6.45, 7) is 24.8. The fraction of sp³-hybridized carbons (Fsp3) is 0.280. The zero-order valence-corrected chi connectivity index (χ0v) is 37.0. The molecule has 5 aromatic carbocycles. The van der Waals surface area contributed by atoms with E-state index in [1.807, 2.05) is 113 Å². The standard InChI is InChI=1S/2C19H21N2.C12H18N.Yb/c2*1-14-9-5-7-11-18(14)20-16(3)13-17(4)21-19-12-8-6-10-15(19)2;1-8(2)10-6-5-7-11(9(3)4)12(10)13;/h2*5-13H,1-4H3;5-9,13H,1-4H3;/q3*-1;+3/b2*16-13-,21-17?;;. The SMILES string of the molecule is CC(/C=C(/C)[N-]c1ccccc1C)=Nc1ccccc1C.CC(/C=C(/C)[N-]c1ccccc1C)=Nc1ccccc1C.CC(C)c1cccc(C(C)C)c1[NH-].[Yb+3]. The van der Waals surface area contributed by atoms with Crippen LogP contribution >= 0.6 is 0 Å². The van der Waals surface area contributed by atoms with E-state index >= 15 is 0 Å². The fourth-order valence-electron chi connectivity index (χ4n) is 5.80. The number of nitrogens with zero attached hydrogens (tertiary/aromatic N) is 4. The van der Waals surface area contributed by atoms with Crippen LogP contribution in [0.1, 0.15) is 101 Å². The second-order valence-electron chi connectivity index (χ2n) is 14.6. The average Bonchev–Trinajstić information content (AvgIpc) is 3.12. The molecule has 0 fully saturated rings. The van der Waals surface area contributed by atoms with Gasteiger partial charge in [0.2, 0.25) is 0 Å². The van der Waals surface area contributed by atoms with Gasteiger partial charge in [-0.05, 0) is 76.6 Å². The smallest absolute Gasteiger partial charge is 0.698 e. The molecule has 56 heavy (non-hydrogen) atoms. The number of aliphatic imine (C=N–C) groups is 2. The molecule has 0 bridgehead atoms. The Morgan fingerprint density at radius 2 is 0.804 bits per heavy atom. The van der Waals surface area contributed by atoms with Gasteiger partial charge >= 0.3 is 46.9 Å². The summed E-state index contributed by atoms with van der Waals surface area (Å²) in [5.41, 5.74) is 23.6. The van der Waals surface area contributed by atoms with Crippen LogP contribution in [-0.4, -0.2) is 11.4 Å². The van der Waals surface area contributed by atoms with Crippen LogP contribution in [0.4, 0.5) is 28.4 Å². The third-order valence-electron chi connectivity index (χ3n) is 8.86. The first-order valence-corrected chi connectivity index (χ1v) is 19.1. The number of benzene rings is 5. The third-order valence-corrected chi connectivity index (χ3v) is 8.86. The third kappa shape index (κ3) is 16.1. The minimum atomic E-state index is 0. The van der Waals surface area contributed by atoms with E-state index < -0.39 is 0 Å². The summed E-state index contributed by atoms with van der Waals surface area (Å²) in [6, 6.07) is 38.7. The van der Waals surface area contributed by atoms with Crippen molar-refractivity contribution in [2.45, 2.75) is 94.9 Å². The molecule has 0 unspecified atom stereocenters. The van der Waals surface area contributed by atoms with Crippen LogP contribution in [0.15, 0.2) is 149 Å². The maximum atomic E-state index is 8.01. The summed E-state index contributed by atoms with van der Waals surface area (Å²) < 4.78 is 0. The number of para-hydroxylation sites is 4. The maximum Gasteiger partial charge on any atom is 3.00 e. The van der Waals surface area contributed by atoms with Crippen molar-refractivity contribution in [1.29, 1.82) is 0 Å². The van der Waals surface area contributed by atoms with Crippen molar-refractivity contribution in [3.63, 3.8) is 0 Å². The van der Waals surface area contributed by atoms with Gasteiger partial charge in [0.25, 0.3) is 0 Å². The Morgan fingerprint density at radius 3 is 1.12 bits per heavy atom.